The van der Waals surface area contributed by atoms with Crippen molar-refractivity contribution in [2.45, 2.75) is 18.7 Å². The SMILES string of the molecule is CCN1SC(c2ccc(Cl)cc2)C(=O)c2c1nc(NCc1ccccc1)n2C. The van der Waals surface area contributed by atoms with E-state index in [0.29, 0.717) is 23.2 Å². The van der Waals surface area contributed by atoms with E-state index in [4.69, 9.17) is 16.6 Å². The summed E-state index contributed by atoms with van der Waals surface area (Å²) in [6, 6.07) is 17.6. The van der Waals surface area contributed by atoms with Gasteiger partial charge in [-0.25, -0.2) is 0 Å². The van der Waals surface area contributed by atoms with Crippen molar-refractivity contribution in [2.75, 3.05) is 16.2 Å². The molecule has 0 spiro atoms. The number of nitrogens with zero attached hydrogens (tertiary/aromatic N) is 3. The number of carbonyl (C=O) groups is 1. The van der Waals surface area contributed by atoms with Gasteiger partial charge in [0.15, 0.2) is 5.82 Å². The molecule has 0 saturated carbocycles. The lowest BCUT2D eigenvalue weighted by Crippen LogP contribution is -2.28. The van der Waals surface area contributed by atoms with Crippen molar-refractivity contribution in [3.8, 4) is 0 Å². The third-order valence-corrected chi connectivity index (χ3v) is 6.41. The minimum absolute atomic E-state index is 0.0646. The van der Waals surface area contributed by atoms with Crippen molar-refractivity contribution in [2.24, 2.45) is 7.05 Å². The van der Waals surface area contributed by atoms with Crippen LogP contribution < -0.4 is 9.62 Å². The fourth-order valence-corrected chi connectivity index (χ4v) is 4.53. The summed E-state index contributed by atoms with van der Waals surface area (Å²) < 4.78 is 3.95. The standard InChI is InChI=1S/C21H21ClN4OS/c1-3-26-20-17(18(27)19(28-26)15-9-11-16(22)12-10-15)25(2)21(24-20)23-13-14-7-5-4-6-8-14/h4-12,19H,3,13H2,1-2H3,(H,23,24). The maximum Gasteiger partial charge on any atom is 0.205 e. The molecule has 0 radical (unpaired) electrons. The molecule has 144 valence electrons. The molecule has 7 heteroatoms. The molecule has 28 heavy (non-hydrogen) atoms. The molecular weight excluding hydrogens is 392 g/mol. The Bertz CT molecular complexity index is 988. The Labute approximate surface area is 173 Å². The fraction of sp³-hybridized carbons (Fsp3) is 0.238. The highest BCUT2D eigenvalue weighted by Crippen LogP contribution is 2.45. The van der Waals surface area contributed by atoms with Crippen LogP contribution in [0.15, 0.2) is 54.6 Å². The van der Waals surface area contributed by atoms with Crippen LogP contribution >= 0.6 is 23.5 Å². The molecule has 0 bridgehead atoms. The van der Waals surface area contributed by atoms with E-state index in [9.17, 15) is 4.79 Å². The minimum atomic E-state index is -0.304. The smallest absolute Gasteiger partial charge is 0.205 e. The van der Waals surface area contributed by atoms with E-state index >= 15 is 0 Å². The van der Waals surface area contributed by atoms with E-state index in [1.165, 1.54) is 11.9 Å². The molecule has 0 aliphatic carbocycles. The van der Waals surface area contributed by atoms with Crippen molar-refractivity contribution >= 4 is 41.1 Å². The number of benzene rings is 2. The van der Waals surface area contributed by atoms with Crippen LogP contribution in [0.2, 0.25) is 5.02 Å². The zero-order chi connectivity index (χ0) is 19.7. The first-order valence-corrected chi connectivity index (χ1v) is 10.4. The van der Waals surface area contributed by atoms with Gasteiger partial charge in [0.25, 0.3) is 0 Å². The van der Waals surface area contributed by atoms with Gasteiger partial charge in [0.2, 0.25) is 11.7 Å². The van der Waals surface area contributed by atoms with Crippen LogP contribution in [0.3, 0.4) is 0 Å². The van der Waals surface area contributed by atoms with Gasteiger partial charge in [-0.3, -0.25) is 9.10 Å². The van der Waals surface area contributed by atoms with Crippen molar-refractivity contribution in [1.29, 1.82) is 0 Å². The van der Waals surface area contributed by atoms with Gasteiger partial charge >= 0.3 is 0 Å². The molecule has 2 heterocycles. The van der Waals surface area contributed by atoms with Gasteiger partial charge in [-0.05, 0) is 42.1 Å². The lowest BCUT2D eigenvalue weighted by Gasteiger charge is -2.30. The first-order valence-electron chi connectivity index (χ1n) is 9.17. The van der Waals surface area contributed by atoms with Crippen molar-refractivity contribution in [3.63, 3.8) is 0 Å². The Morgan fingerprint density at radius 1 is 1.14 bits per heavy atom. The van der Waals surface area contributed by atoms with Gasteiger partial charge in [0, 0.05) is 25.2 Å². The van der Waals surface area contributed by atoms with Gasteiger partial charge in [0.05, 0.1) is 0 Å². The van der Waals surface area contributed by atoms with Crippen LogP contribution in [0.25, 0.3) is 0 Å². The van der Waals surface area contributed by atoms with Crippen molar-refractivity contribution in [3.05, 3.63) is 76.4 Å². The van der Waals surface area contributed by atoms with Crippen LogP contribution in [0.1, 0.15) is 33.8 Å². The monoisotopic (exact) mass is 412 g/mol. The van der Waals surface area contributed by atoms with E-state index in [2.05, 4.69) is 28.7 Å². The van der Waals surface area contributed by atoms with Gasteiger partial charge in [-0.1, -0.05) is 54.1 Å². The highest BCUT2D eigenvalue weighted by Gasteiger charge is 2.38. The molecular formula is C21H21ClN4OS. The molecule has 1 N–H and O–H groups in total. The minimum Gasteiger partial charge on any atom is -0.352 e. The summed E-state index contributed by atoms with van der Waals surface area (Å²) in [4.78, 5) is 18.0. The van der Waals surface area contributed by atoms with Crippen LogP contribution in [-0.4, -0.2) is 21.9 Å². The first kappa shape index (κ1) is 18.9. The number of ketones is 1. The largest absolute Gasteiger partial charge is 0.352 e. The summed E-state index contributed by atoms with van der Waals surface area (Å²) >= 11 is 7.53. The molecule has 4 rings (SSSR count). The number of rotatable bonds is 5. The lowest BCUT2D eigenvalue weighted by molar-refractivity contribution is 0.0981. The van der Waals surface area contributed by atoms with Crippen LogP contribution in [-0.2, 0) is 13.6 Å². The number of halogens is 1. The first-order chi connectivity index (χ1) is 13.6. The van der Waals surface area contributed by atoms with Crippen LogP contribution in [0.5, 0.6) is 0 Å². The van der Waals surface area contributed by atoms with Gasteiger partial charge in [0.1, 0.15) is 10.9 Å². The van der Waals surface area contributed by atoms with Gasteiger partial charge in [-0.2, -0.15) is 4.98 Å². The zero-order valence-electron chi connectivity index (χ0n) is 15.7. The topological polar surface area (TPSA) is 50.2 Å². The highest BCUT2D eigenvalue weighted by molar-refractivity contribution is 8.01. The number of hydrogen-bond donors (Lipinski definition) is 1. The third-order valence-electron chi connectivity index (χ3n) is 4.77. The number of hydrogen-bond acceptors (Lipinski definition) is 5. The number of carbonyl (C=O) groups excluding carboxylic acids is 1. The predicted molar refractivity (Wildman–Crippen MR) is 116 cm³/mol. The highest BCUT2D eigenvalue weighted by atomic mass is 35.5. The fourth-order valence-electron chi connectivity index (χ4n) is 3.29. The number of imidazole rings is 1. The number of Topliss-reactive ketones (excluding diaryl/α,β-unsaturated/α-hetero) is 1. The summed E-state index contributed by atoms with van der Waals surface area (Å²) in [7, 11) is 1.89. The van der Waals surface area contributed by atoms with Gasteiger partial charge in [-0.15, -0.1) is 0 Å². The van der Waals surface area contributed by atoms with E-state index < -0.39 is 0 Å². The number of aromatic nitrogens is 2. The van der Waals surface area contributed by atoms with Gasteiger partial charge < -0.3 is 9.88 Å². The molecule has 1 atom stereocenters. The van der Waals surface area contributed by atoms with Crippen LogP contribution in [0.4, 0.5) is 11.8 Å². The molecule has 0 fully saturated rings. The second kappa shape index (κ2) is 7.89. The average Bonchev–Trinajstić information content (AvgIpc) is 3.05. The molecule has 0 amide bonds. The average molecular weight is 413 g/mol. The maximum absolute atomic E-state index is 13.3. The quantitative estimate of drug-likeness (QED) is 0.591. The maximum atomic E-state index is 13.3. The normalized spacial score (nSPS) is 16.2. The summed E-state index contributed by atoms with van der Waals surface area (Å²) in [5, 5.41) is 3.72. The molecule has 5 nitrogen and oxygen atoms in total. The molecule has 1 aliphatic heterocycles. The second-order valence-electron chi connectivity index (χ2n) is 6.60. The summed E-state index contributed by atoms with van der Waals surface area (Å²) in [6.45, 7) is 3.47. The Balaban J connectivity index is 1.65. The van der Waals surface area contributed by atoms with E-state index in [1.54, 1.807) is 0 Å². The third kappa shape index (κ3) is 3.50. The molecule has 1 aliphatic rings. The Hall–Kier alpha value is -2.44. The van der Waals surface area contributed by atoms with Crippen molar-refractivity contribution < 1.29 is 4.79 Å². The Morgan fingerprint density at radius 2 is 1.86 bits per heavy atom. The van der Waals surface area contributed by atoms with E-state index in [0.717, 1.165) is 23.5 Å². The summed E-state index contributed by atoms with van der Waals surface area (Å²) in [6.07, 6.45) is 0. The number of nitrogens with one attached hydrogen (secondary N) is 1. The van der Waals surface area contributed by atoms with E-state index in [-0.39, 0.29) is 11.0 Å². The van der Waals surface area contributed by atoms with Crippen LogP contribution in [0, 0.1) is 0 Å². The number of anilines is 2. The molecule has 2 aromatic carbocycles. The molecule has 1 unspecified atom stereocenters. The second-order valence-corrected chi connectivity index (χ2v) is 8.16. The summed E-state index contributed by atoms with van der Waals surface area (Å²) in [5.41, 5.74) is 2.75. The zero-order valence-corrected chi connectivity index (χ0v) is 17.3. The summed E-state index contributed by atoms with van der Waals surface area (Å²) in [5.74, 6) is 1.48. The van der Waals surface area contributed by atoms with E-state index in [1.807, 2.05) is 54.1 Å². The van der Waals surface area contributed by atoms with Crippen molar-refractivity contribution in [1.82, 2.24) is 9.55 Å². The number of fused-ring (bicyclic) bond motifs is 1. The Kier molecular flexibility index (Phi) is 5.33. The lowest BCUT2D eigenvalue weighted by atomic mass is 10.1. The molecule has 0 saturated heterocycles. The predicted octanol–water partition coefficient (Wildman–Crippen LogP) is 5.10. The molecule has 3 aromatic rings. The molecule has 1 aromatic heterocycles. The Morgan fingerprint density at radius 3 is 2.54 bits per heavy atom.